The van der Waals surface area contributed by atoms with Crippen LogP contribution in [0.4, 0.5) is 0 Å². The van der Waals surface area contributed by atoms with Crippen LogP contribution in [-0.2, 0) is 4.79 Å². The van der Waals surface area contributed by atoms with Crippen molar-refractivity contribution in [2.75, 3.05) is 26.7 Å². The van der Waals surface area contributed by atoms with Crippen molar-refractivity contribution in [3.8, 4) is 0 Å². The third-order valence-electron chi connectivity index (χ3n) is 3.71. The number of rotatable bonds is 3. The lowest BCUT2D eigenvalue weighted by molar-refractivity contribution is -0.135. The monoisotopic (exact) mass is 255 g/mol. The fraction of sp³-hybridized carbons (Fsp3) is 0.929. The summed E-state index contributed by atoms with van der Waals surface area (Å²) in [6, 6.07) is 0.904. The number of amides is 1. The average Bonchev–Trinajstić information content (AvgIpc) is 2.23. The third kappa shape index (κ3) is 4.58. The van der Waals surface area contributed by atoms with Gasteiger partial charge < -0.3 is 10.2 Å². The SMILES string of the molecule is CC1CN(C(=O)CCNC(C)(C)C)CC(C)N1C. The van der Waals surface area contributed by atoms with E-state index < -0.39 is 0 Å². The molecule has 4 heteroatoms. The van der Waals surface area contributed by atoms with E-state index >= 15 is 0 Å². The molecule has 2 atom stereocenters. The zero-order valence-corrected chi connectivity index (χ0v) is 12.8. The molecule has 0 saturated carbocycles. The largest absolute Gasteiger partial charge is 0.340 e. The fourth-order valence-electron chi connectivity index (χ4n) is 2.31. The molecule has 0 aromatic carbocycles. The standard InChI is InChI=1S/C14H29N3O/c1-11-9-17(10-12(2)16(11)6)13(18)7-8-15-14(3,4)5/h11-12,15H,7-10H2,1-6H3. The number of hydrogen-bond donors (Lipinski definition) is 1. The number of carbonyl (C=O) groups is 1. The van der Waals surface area contributed by atoms with Gasteiger partial charge >= 0.3 is 0 Å². The zero-order valence-electron chi connectivity index (χ0n) is 12.8. The minimum Gasteiger partial charge on any atom is -0.340 e. The van der Waals surface area contributed by atoms with Gasteiger partial charge in [-0.3, -0.25) is 9.69 Å². The minimum atomic E-state index is 0.0863. The van der Waals surface area contributed by atoms with Crippen LogP contribution < -0.4 is 5.32 Å². The Morgan fingerprint density at radius 3 is 2.17 bits per heavy atom. The number of likely N-dealkylation sites (N-methyl/N-ethyl adjacent to an activating group) is 1. The van der Waals surface area contributed by atoms with Gasteiger partial charge in [-0.2, -0.15) is 0 Å². The molecule has 0 aliphatic carbocycles. The molecule has 1 aliphatic rings. The molecular formula is C14H29N3O. The van der Waals surface area contributed by atoms with Crippen molar-refractivity contribution < 1.29 is 4.79 Å². The second kappa shape index (κ2) is 6.02. The van der Waals surface area contributed by atoms with Crippen molar-refractivity contribution in [2.45, 2.75) is 58.7 Å². The Balaban J connectivity index is 2.38. The Bertz CT molecular complexity index is 273. The highest BCUT2D eigenvalue weighted by molar-refractivity contribution is 5.76. The maximum Gasteiger partial charge on any atom is 0.223 e. The average molecular weight is 255 g/mol. The van der Waals surface area contributed by atoms with Crippen LogP contribution >= 0.6 is 0 Å². The summed E-state index contributed by atoms with van der Waals surface area (Å²) < 4.78 is 0. The van der Waals surface area contributed by atoms with Gasteiger partial charge in [0.15, 0.2) is 0 Å². The second-order valence-electron chi connectivity index (χ2n) is 6.59. The van der Waals surface area contributed by atoms with Crippen LogP contribution in [0.2, 0.25) is 0 Å². The molecule has 1 heterocycles. The van der Waals surface area contributed by atoms with Gasteiger partial charge in [0.05, 0.1) is 0 Å². The molecule has 0 aromatic rings. The smallest absolute Gasteiger partial charge is 0.223 e. The molecule has 1 fully saturated rings. The molecule has 0 spiro atoms. The van der Waals surface area contributed by atoms with Crippen molar-refractivity contribution in [3.63, 3.8) is 0 Å². The zero-order chi connectivity index (χ0) is 13.9. The molecule has 2 unspecified atom stereocenters. The molecule has 18 heavy (non-hydrogen) atoms. The van der Waals surface area contributed by atoms with E-state index in [1.807, 2.05) is 4.90 Å². The highest BCUT2D eigenvalue weighted by Gasteiger charge is 2.28. The summed E-state index contributed by atoms with van der Waals surface area (Å²) in [6.07, 6.45) is 0.598. The Morgan fingerprint density at radius 2 is 1.72 bits per heavy atom. The van der Waals surface area contributed by atoms with E-state index in [4.69, 9.17) is 0 Å². The minimum absolute atomic E-state index is 0.0863. The lowest BCUT2D eigenvalue weighted by Crippen LogP contribution is -2.56. The van der Waals surface area contributed by atoms with Gasteiger partial charge in [0.2, 0.25) is 5.91 Å². The van der Waals surface area contributed by atoms with E-state index in [0.717, 1.165) is 19.6 Å². The summed E-state index contributed by atoms with van der Waals surface area (Å²) in [4.78, 5) is 16.5. The summed E-state index contributed by atoms with van der Waals surface area (Å²) in [5.74, 6) is 0.276. The van der Waals surface area contributed by atoms with E-state index in [9.17, 15) is 4.79 Å². The number of nitrogens with zero attached hydrogens (tertiary/aromatic N) is 2. The predicted octanol–water partition coefficient (Wildman–Crippen LogP) is 1.32. The van der Waals surface area contributed by atoms with Gasteiger partial charge in [0.25, 0.3) is 0 Å². The summed E-state index contributed by atoms with van der Waals surface area (Å²) in [6.45, 7) is 13.2. The van der Waals surface area contributed by atoms with E-state index in [2.05, 4.69) is 51.9 Å². The first-order valence-corrected chi connectivity index (χ1v) is 6.95. The first-order valence-electron chi connectivity index (χ1n) is 6.95. The Hall–Kier alpha value is -0.610. The number of hydrogen-bond acceptors (Lipinski definition) is 3. The lowest BCUT2D eigenvalue weighted by atomic mass is 10.1. The van der Waals surface area contributed by atoms with Crippen molar-refractivity contribution in [3.05, 3.63) is 0 Å². The Labute approximate surface area is 112 Å². The van der Waals surface area contributed by atoms with Gasteiger partial charge in [0, 0.05) is 43.7 Å². The van der Waals surface area contributed by atoms with Crippen LogP contribution in [0.15, 0.2) is 0 Å². The van der Waals surface area contributed by atoms with Gasteiger partial charge in [-0.15, -0.1) is 0 Å². The molecule has 4 nitrogen and oxygen atoms in total. The highest BCUT2D eigenvalue weighted by atomic mass is 16.2. The first-order chi connectivity index (χ1) is 8.20. The van der Waals surface area contributed by atoms with E-state index in [-0.39, 0.29) is 11.4 Å². The second-order valence-corrected chi connectivity index (χ2v) is 6.59. The normalized spacial score (nSPS) is 26.4. The fourth-order valence-corrected chi connectivity index (χ4v) is 2.31. The van der Waals surface area contributed by atoms with Crippen molar-refractivity contribution >= 4 is 5.91 Å². The van der Waals surface area contributed by atoms with Crippen LogP contribution in [0.25, 0.3) is 0 Å². The van der Waals surface area contributed by atoms with Crippen LogP contribution in [0, 0.1) is 0 Å². The van der Waals surface area contributed by atoms with Crippen molar-refractivity contribution in [1.29, 1.82) is 0 Å². The number of carbonyl (C=O) groups excluding carboxylic acids is 1. The maximum atomic E-state index is 12.1. The summed E-state index contributed by atoms with van der Waals surface area (Å²) in [5.41, 5.74) is 0.0863. The molecule has 1 amide bonds. The highest BCUT2D eigenvalue weighted by Crippen LogP contribution is 2.14. The molecule has 0 radical (unpaired) electrons. The van der Waals surface area contributed by atoms with Gasteiger partial charge in [-0.25, -0.2) is 0 Å². The molecule has 0 bridgehead atoms. The van der Waals surface area contributed by atoms with Crippen molar-refractivity contribution in [2.24, 2.45) is 0 Å². The molecule has 1 saturated heterocycles. The van der Waals surface area contributed by atoms with Gasteiger partial charge in [-0.05, 0) is 41.7 Å². The van der Waals surface area contributed by atoms with Gasteiger partial charge in [-0.1, -0.05) is 0 Å². The van der Waals surface area contributed by atoms with Crippen molar-refractivity contribution in [1.82, 2.24) is 15.1 Å². The summed E-state index contributed by atoms with van der Waals surface area (Å²) in [5, 5.41) is 3.37. The quantitative estimate of drug-likeness (QED) is 0.826. The van der Waals surface area contributed by atoms with Crippen LogP contribution in [0.3, 0.4) is 0 Å². The summed E-state index contributed by atoms with van der Waals surface area (Å²) >= 11 is 0. The molecule has 1 rings (SSSR count). The predicted molar refractivity (Wildman–Crippen MR) is 75.6 cm³/mol. The molecule has 106 valence electrons. The van der Waals surface area contributed by atoms with E-state index in [0.29, 0.717) is 18.5 Å². The molecule has 1 N–H and O–H groups in total. The Morgan fingerprint density at radius 1 is 1.22 bits per heavy atom. The topological polar surface area (TPSA) is 35.6 Å². The summed E-state index contributed by atoms with van der Waals surface area (Å²) in [7, 11) is 2.14. The lowest BCUT2D eigenvalue weighted by Gasteiger charge is -2.42. The first kappa shape index (κ1) is 15.4. The van der Waals surface area contributed by atoms with Crippen LogP contribution in [0.5, 0.6) is 0 Å². The Kier molecular flexibility index (Phi) is 5.17. The molecule has 0 aromatic heterocycles. The molecular weight excluding hydrogens is 226 g/mol. The third-order valence-corrected chi connectivity index (χ3v) is 3.71. The maximum absolute atomic E-state index is 12.1. The van der Waals surface area contributed by atoms with Crippen LogP contribution in [-0.4, -0.2) is 60.0 Å². The van der Waals surface area contributed by atoms with E-state index in [1.54, 1.807) is 0 Å². The van der Waals surface area contributed by atoms with Gasteiger partial charge in [0.1, 0.15) is 0 Å². The van der Waals surface area contributed by atoms with E-state index in [1.165, 1.54) is 0 Å². The molecule has 1 aliphatic heterocycles. The van der Waals surface area contributed by atoms with Crippen LogP contribution in [0.1, 0.15) is 41.0 Å². The number of piperazine rings is 1. The number of nitrogens with one attached hydrogen (secondary N) is 1.